The van der Waals surface area contributed by atoms with Gasteiger partial charge in [-0.15, -0.1) is 0 Å². The summed E-state index contributed by atoms with van der Waals surface area (Å²) in [6, 6.07) is 9.50. The molecule has 14 heavy (non-hydrogen) atoms. The number of rotatable bonds is 1. The van der Waals surface area contributed by atoms with Gasteiger partial charge in [0.15, 0.2) is 0 Å². The Bertz CT molecular complexity index is 289. The fourth-order valence-electron chi connectivity index (χ4n) is 2.27. The molecule has 1 aliphatic heterocycles. The van der Waals surface area contributed by atoms with Crippen molar-refractivity contribution in [3.63, 3.8) is 0 Å². The van der Waals surface area contributed by atoms with Crippen LogP contribution in [0.1, 0.15) is 36.9 Å². The van der Waals surface area contributed by atoms with E-state index >= 15 is 0 Å². The van der Waals surface area contributed by atoms with Gasteiger partial charge in [0.1, 0.15) is 0 Å². The van der Waals surface area contributed by atoms with Gasteiger partial charge in [-0.1, -0.05) is 36.8 Å². The maximum Gasteiger partial charge on any atom is 0.0346 e. The van der Waals surface area contributed by atoms with Crippen LogP contribution in [-0.2, 0) is 0 Å². The van der Waals surface area contributed by atoms with Crippen molar-refractivity contribution in [1.29, 1.82) is 0 Å². The number of hydrogen-bond acceptors (Lipinski definition) is 1. The van der Waals surface area contributed by atoms with Crippen molar-refractivity contribution in [2.75, 3.05) is 6.54 Å². The second kappa shape index (κ2) is 4.14. The van der Waals surface area contributed by atoms with Gasteiger partial charge >= 0.3 is 0 Å². The normalized spacial score (nSPS) is 27.6. The number of hydrogen-bond donors (Lipinski definition) is 1. The van der Waals surface area contributed by atoms with Crippen LogP contribution >= 0.6 is 0 Å². The molecule has 1 N–H and O–H groups in total. The van der Waals surface area contributed by atoms with Gasteiger partial charge in [0.2, 0.25) is 0 Å². The quantitative estimate of drug-likeness (QED) is 0.716. The second-order valence-corrected chi connectivity index (χ2v) is 4.46. The van der Waals surface area contributed by atoms with Crippen molar-refractivity contribution < 1.29 is 0 Å². The molecule has 1 aromatic rings. The van der Waals surface area contributed by atoms with E-state index in [1.54, 1.807) is 0 Å². The molecule has 0 amide bonds. The molecule has 0 spiro atoms. The molecule has 1 heterocycles. The van der Waals surface area contributed by atoms with Crippen LogP contribution in [0.5, 0.6) is 0 Å². The van der Waals surface area contributed by atoms with E-state index in [4.69, 9.17) is 0 Å². The minimum absolute atomic E-state index is 0.573. The van der Waals surface area contributed by atoms with E-state index in [1.165, 1.54) is 30.5 Å². The molecule has 1 fully saturated rings. The Balaban J connectivity index is 2.16. The zero-order valence-electron chi connectivity index (χ0n) is 9.09. The van der Waals surface area contributed by atoms with E-state index in [0.29, 0.717) is 6.04 Å². The highest BCUT2D eigenvalue weighted by molar-refractivity contribution is 5.24. The lowest BCUT2D eigenvalue weighted by atomic mass is 9.87. The van der Waals surface area contributed by atoms with E-state index in [-0.39, 0.29) is 0 Å². The third-order valence-electron chi connectivity index (χ3n) is 3.21. The monoisotopic (exact) mass is 189 g/mol. The zero-order chi connectivity index (χ0) is 9.97. The van der Waals surface area contributed by atoms with Crippen molar-refractivity contribution in [2.45, 2.75) is 32.7 Å². The van der Waals surface area contributed by atoms with Crippen LogP contribution in [0, 0.1) is 12.8 Å². The van der Waals surface area contributed by atoms with Crippen molar-refractivity contribution in [3.05, 3.63) is 35.4 Å². The molecule has 1 heteroatoms. The summed E-state index contributed by atoms with van der Waals surface area (Å²) in [5.74, 6) is 0.770. The van der Waals surface area contributed by atoms with Crippen molar-refractivity contribution >= 4 is 0 Å². The van der Waals surface area contributed by atoms with Crippen LogP contribution in [0.3, 0.4) is 0 Å². The summed E-state index contributed by atoms with van der Waals surface area (Å²) in [6.45, 7) is 5.65. The first-order chi connectivity index (χ1) is 6.77. The third-order valence-corrected chi connectivity index (χ3v) is 3.21. The number of benzene rings is 1. The van der Waals surface area contributed by atoms with Gasteiger partial charge in [-0.2, -0.15) is 0 Å². The molecule has 0 unspecified atom stereocenters. The Hall–Kier alpha value is -0.820. The van der Waals surface area contributed by atoms with E-state index in [2.05, 4.69) is 43.4 Å². The first kappa shape index (κ1) is 9.72. The highest BCUT2D eigenvalue weighted by Crippen LogP contribution is 2.28. The van der Waals surface area contributed by atoms with Crippen molar-refractivity contribution in [1.82, 2.24) is 5.32 Å². The molecule has 1 aliphatic rings. The molecular weight excluding hydrogens is 170 g/mol. The van der Waals surface area contributed by atoms with Gasteiger partial charge in [-0.25, -0.2) is 0 Å². The van der Waals surface area contributed by atoms with Crippen LogP contribution in [0.15, 0.2) is 24.3 Å². The standard InChI is InChI=1S/C13H19N/c1-10-5-7-12(8-6-10)13-11(2)4-3-9-14-13/h5-8,11,13-14H,3-4,9H2,1-2H3/t11-,13-/m1/s1. The predicted molar refractivity (Wildman–Crippen MR) is 60.3 cm³/mol. The Morgan fingerprint density at radius 3 is 2.57 bits per heavy atom. The average Bonchev–Trinajstić information content (AvgIpc) is 2.20. The highest BCUT2D eigenvalue weighted by Gasteiger charge is 2.21. The molecule has 0 bridgehead atoms. The Kier molecular flexibility index (Phi) is 2.87. The lowest BCUT2D eigenvalue weighted by Crippen LogP contribution is -2.32. The lowest BCUT2D eigenvalue weighted by Gasteiger charge is -2.30. The zero-order valence-corrected chi connectivity index (χ0v) is 9.09. The lowest BCUT2D eigenvalue weighted by molar-refractivity contribution is 0.306. The average molecular weight is 189 g/mol. The van der Waals surface area contributed by atoms with Gasteiger partial charge in [0.25, 0.3) is 0 Å². The van der Waals surface area contributed by atoms with E-state index in [9.17, 15) is 0 Å². The number of nitrogens with one attached hydrogen (secondary N) is 1. The largest absolute Gasteiger partial charge is 0.310 e. The molecule has 0 aliphatic carbocycles. The molecule has 0 aromatic heterocycles. The topological polar surface area (TPSA) is 12.0 Å². The van der Waals surface area contributed by atoms with Gasteiger partial charge in [0.05, 0.1) is 0 Å². The molecule has 2 atom stereocenters. The third kappa shape index (κ3) is 1.98. The minimum atomic E-state index is 0.573. The predicted octanol–water partition coefficient (Wildman–Crippen LogP) is 3.06. The Morgan fingerprint density at radius 2 is 1.93 bits per heavy atom. The summed E-state index contributed by atoms with van der Waals surface area (Å²) in [6.07, 6.45) is 2.68. The fraction of sp³-hybridized carbons (Fsp3) is 0.538. The van der Waals surface area contributed by atoms with Crippen LogP contribution in [-0.4, -0.2) is 6.54 Å². The second-order valence-electron chi connectivity index (χ2n) is 4.46. The molecule has 0 saturated carbocycles. The summed E-state index contributed by atoms with van der Waals surface area (Å²) in [7, 11) is 0. The Labute approximate surface area is 86.5 Å². The van der Waals surface area contributed by atoms with E-state index in [1.807, 2.05) is 0 Å². The van der Waals surface area contributed by atoms with E-state index < -0.39 is 0 Å². The molecule has 1 nitrogen and oxygen atoms in total. The summed E-state index contributed by atoms with van der Waals surface area (Å²) < 4.78 is 0. The van der Waals surface area contributed by atoms with Crippen LogP contribution in [0.4, 0.5) is 0 Å². The summed E-state index contributed by atoms with van der Waals surface area (Å²) >= 11 is 0. The molecule has 1 aromatic carbocycles. The minimum Gasteiger partial charge on any atom is -0.310 e. The van der Waals surface area contributed by atoms with Crippen LogP contribution in [0.2, 0.25) is 0 Å². The molecule has 2 rings (SSSR count). The maximum absolute atomic E-state index is 3.60. The maximum atomic E-state index is 3.60. The molecule has 0 radical (unpaired) electrons. The number of aryl methyl sites for hydroxylation is 1. The highest BCUT2D eigenvalue weighted by atomic mass is 14.9. The number of piperidine rings is 1. The first-order valence-electron chi connectivity index (χ1n) is 5.57. The van der Waals surface area contributed by atoms with Crippen LogP contribution < -0.4 is 5.32 Å². The molecule has 1 saturated heterocycles. The molecular formula is C13H19N. The summed E-state index contributed by atoms with van der Waals surface area (Å²) in [5.41, 5.74) is 2.79. The van der Waals surface area contributed by atoms with Gasteiger partial charge < -0.3 is 5.32 Å². The molecule has 76 valence electrons. The van der Waals surface area contributed by atoms with Gasteiger partial charge in [-0.05, 0) is 37.8 Å². The Morgan fingerprint density at radius 1 is 1.21 bits per heavy atom. The van der Waals surface area contributed by atoms with E-state index in [0.717, 1.165) is 5.92 Å². The fourth-order valence-corrected chi connectivity index (χ4v) is 2.27. The SMILES string of the molecule is Cc1ccc([C@@H]2NCCC[C@H]2C)cc1. The van der Waals surface area contributed by atoms with Gasteiger partial charge in [-0.3, -0.25) is 0 Å². The summed E-state index contributed by atoms with van der Waals surface area (Å²) in [5, 5.41) is 3.60. The summed E-state index contributed by atoms with van der Waals surface area (Å²) in [4.78, 5) is 0. The van der Waals surface area contributed by atoms with Gasteiger partial charge in [0, 0.05) is 6.04 Å². The van der Waals surface area contributed by atoms with Crippen LogP contribution in [0.25, 0.3) is 0 Å². The van der Waals surface area contributed by atoms with Crippen molar-refractivity contribution in [2.24, 2.45) is 5.92 Å². The van der Waals surface area contributed by atoms with Crippen molar-refractivity contribution in [3.8, 4) is 0 Å². The first-order valence-corrected chi connectivity index (χ1v) is 5.57. The smallest absolute Gasteiger partial charge is 0.0346 e.